The second kappa shape index (κ2) is 8.35. The van der Waals surface area contributed by atoms with E-state index < -0.39 is 11.9 Å². The van der Waals surface area contributed by atoms with Gasteiger partial charge in [-0.15, -0.1) is 10.2 Å². The molecule has 0 aliphatic carbocycles. The van der Waals surface area contributed by atoms with Gasteiger partial charge in [-0.3, -0.25) is 0 Å². The third-order valence-corrected chi connectivity index (χ3v) is 4.50. The summed E-state index contributed by atoms with van der Waals surface area (Å²) in [5.74, 6) is 0.637. The van der Waals surface area contributed by atoms with Crippen LogP contribution in [0.5, 0.6) is 0 Å². The van der Waals surface area contributed by atoms with Crippen molar-refractivity contribution in [3.8, 4) is 6.07 Å². The number of hydrogen-bond donors (Lipinski definition) is 2. The summed E-state index contributed by atoms with van der Waals surface area (Å²) in [6.07, 6.45) is -0.220. The number of anilines is 3. The van der Waals surface area contributed by atoms with Gasteiger partial charge in [0.1, 0.15) is 11.9 Å². The number of hydrogen-bond acceptors (Lipinski definition) is 8. The molecule has 0 spiro atoms. The number of nitriles is 1. The molecule has 2 N–H and O–H groups in total. The Balaban J connectivity index is 1.75. The molecular formula is C17H19F3N8. The molecule has 0 amide bonds. The highest BCUT2D eigenvalue weighted by Crippen LogP contribution is 2.34. The van der Waals surface area contributed by atoms with Crippen LogP contribution in [0.25, 0.3) is 0 Å². The van der Waals surface area contributed by atoms with Gasteiger partial charge in [0.2, 0.25) is 0 Å². The molecule has 1 fully saturated rings. The third kappa shape index (κ3) is 5.04. The minimum Gasteiger partial charge on any atom is -0.383 e. The van der Waals surface area contributed by atoms with Crippen LogP contribution in [-0.4, -0.2) is 51.7 Å². The maximum atomic E-state index is 13.3. The van der Waals surface area contributed by atoms with Gasteiger partial charge in [0.25, 0.3) is 0 Å². The number of alkyl halides is 3. The van der Waals surface area contributed by atoms with Crippen LogP contribution in [-0.2, 0) is 6.18 Å². The highest BCUT2D eigenvalue weighted by atomic mass is 19.4. The number of nitrogens with zero attached hydrogens (tertiary/aromatic N) is 6. The predicted molar refractivity (Wildman–Crippen MR) is 95.8 cm³/mol. The minimum absolute atomic E-state index is 0.0953. The Morgan fingerprint density at radius 2 is 1.93 bits per heavy atom. The van der Waals surface area contributed by atoms with E-state index in [2.05, 4.69) is 35.7 Å². The molecule has 0 unspecified atom stereocenters. The van der Waals surface area contributed by atoms with E-state index in [1.165, 1.54) is 18.5 Å². The molecule has 0 bridgehead atoms. The molecule has 1 saturated heterocycles. The van der Waals surface area contributed by atoms with Gasteiger partial charge in [0, 0.05) is 12.6 Å². The fraction of sp³-hybridized carbons (Fsp3) is 0.471. The molecule has 0 radical (unpaired) electrons. The van der Waals surface area contributed by atoms with E-state index in [0.717, 1.165) is 25.9 Å². The molecule has 3 rings (SSSR count). The Labute approximate surface area is 159 Å². The van der Waals surface area contributed by atoms with Crippen molar-refractivity contribution in [3.63, 3.8) is 0 Å². The van der Waals surface area contributed by atoms with Gasteiger partial charge < -0.3 is 15.5 Å². The maximum absolute atomic E-state index is 13.3. The van der Waals surface area contributed by atoms with Crippen molar-refractivity contribution in [2.75, 3.05) is 37.3 Å². The Morgan fingerprint density at radius 1 is 1.18 bits per heavy atom. The van der Waals surface area contributed by atoms with Gasteiger partial charge in [-0.2, -0.15) is 18.4 Å². The molecule has 0 saturated carbocycles. The first kappa shape index (κ1) is 19.8. The molecule has 8 nitrogen and oxygen atoms in total. The van der Waals surface area contributed by atoms with E-state index in [-0.39, 0.29) is 23.0 Å². The number of nitrogens with one attached hydrogen (secondary N) is 2. The summed E-state index contributed by atoms with van der Waals surface area (Å²) >= 11 is 0. The van der Waals surface area contributed by atoms with E-state index in [9.17, 15) is 13.2 Å². The van der Waals surface area contributed by atoms with Gasteiger partial charge in [0.05, 0.1) is 18.1 Å². The lowest BCUT2D eigenvalue weighted by Crippen LogP contribution is -2.33. The monoisotopic (exact) mass is 392 g/mol. The van der Waals surface area contributed by atoms with Crippen molar-refractivity contribution < 1.29 is 13.2 Å². The quantitative estimate of drug-likeness (QED) is 0.801. The van der Waals surface area contributed by atoms with Crippen LogP contribution in [0.2, 0.25) is 0 Å². The van der Waals surface area contributed by atoms with Gasteiger partial charge in [-0.05, 0) is 38.9 Å². The second-order valence-corrected chi connectivity index (χ2v) is 6.64. The number of rotatable bonds is 5. The molecular weight excluding hydrogens is 373 g/mol. The van der Waals surface area contributed by atoms with Crippen molar-refractivity contribution in [1.82, 2.24) is 25.1 Å². The Kier molecular flexibility index (Phi) is 5.89. The molecule has 2 aromatic rings. The standard InChI is InChI=1S/C17H19F3N8/c1-28-4-2-11(3-5-28)8-23-13-6-14(26-27-16(13)17(18,19)20)25-15-10-22-12(7-21)9-24-15/h6,9-11H,2-5,8H2,1H3,(H2,23,24,25,26). The molecule has 3 heterocycles. The summed E-state index contributed by atoms with van der Waals surface area (Å²) < 4.78 is 39.9. The van der Waals surface area contributed by atoms with Crippen LogP contribution >= 0.6 is 0 Å². The first-order valence-electron chi connectivity index (χ1n) is 8.71. The number of aromatic nitrogens is 4. The summed E-state index contributed by atoms with van der Waals surface area (Å²) in [4.78, 5) is 10.0. The highest BCUT2D eigenvalue weighted by molar-refractivity contribution is 5.60. The topological polar surface area (TPSA) is 103 Å². The zero-order chi connectivity index (χ0) is 20.1. The Morgan fingerprint density at radius 3 is 2.54 bits per heavy atom. The van der Waals surface area contributed by atoms with Crippen molar-refractivity contribution in [2.45, 2.75) is 19.0 Å². The molecule has 11 heteroatoms. The molecule has 148 valence electrons. The Bertz CT molecular complexity index is 839. The Hall–Kier alpha value is -3.00. The number of piperidine rings is 1. The van der Waals surface area contributed by atoms with Gasteiger partial charge in [-0.25, -0.2) is 9.97 Å². The van der Waals surface area contributed by atoms with Crippen molar-refractivity contribution in [1.29, 1.82) is 5.26 Å². The van der Waals surface area contributed by atoms with Crippen LogP contribution < -0.4 is 10.6 Å². The fourth-order valence-corrected chi connectivity index (χ4v) is 2.90. The number of halogens is 3. The van der Waals surface area contributed by atoms with Crippen molar-refractivity contribution in [2.24, 2.45) is 5.92 Å². The van der Waals surface area contributed by atoms with Crippen molar-refractivity contribution in [3.05, 3.63) is 29.8 Å². The van der Waals surface area contributed by atoms with Gasteiger partial charge >= 0.3 is 6.18 Å². The summed E-state index contributed by atoms with van der Waals surface area (Å²) in [5.41, 5.74) is -1.06. The average Bonchev–Trinajstić information content (AvgIpc) is 2.67. The highest BCUT2D eigenvalue weighted by Gasteiger charge is 2.36. The minimum atomic E-state index is -4.62. The molecule has 1 aliphatic rings. The van der Waals surface area contributed by atoms with Crippen LogP contribution in [0.4, 0.5) is 30.5 Å². The van der Waals surface area contributed by atoms with E-state index in [4.69, 9.17) is 5.26 Å². The number of likely N-dealkylation sites (tertiary alicyclic amines) is 1. The first-order valence-corrected chi connectivity index (χ1v) is 8.71. The lowest BCUT2D eigenvalue weighted by Gasteiger charge is -2.29. The largest absolute Gasteiger partial charge is 0.437 e. The molecule has 0 aromatic carbocycles. The zero-order valence-corrected chi connectivity index (χ0v) is 15.2. The van der Waals surface area contributed by atoms with Gasteiger partial charge in [0.15, 0.2) is 17.2 Å². The van der Waals surface area contributed by atoms with Crippen LogP contribution in [0.1, 0.15) is 24.2 Å². The van der Waals surface area contributed by atoms with Crippen LogP contribution in [0.3, 0.4) is 0 Å². The van der Waals surface area contributed by atoms with E-state index in [1.54, 1.807) is 0 Å². The lowest BCUT2D eigenvalue weighted by atomic mass is 9.97. The molecule has 1 aliphatic heterocycles. The fourth-order valence-electron chi connectivity index (χ4n) is 2.90. The van der Waals surface area contributed by atoms with E-state index in [1.807, 2.05) is 13.1 Å². The third-order valence-electron chi connectivity index (χ3n) is 4.50. The second-order valence-electron chi connectivity index (χ2n) is 6.64. The summed E-state index contributed by atoms with van der Waals surface area (Å²) in [7, 11) is 2.03. The average molecular weight is 392 g/mol. The molecule has 28 heavy (non-hydrogen) atoms. The maximum Gasteiger partial charge on any atom is 0.437 e. The van der Waals surface area contributed by atoms with Crippen LogP contribution in [0.15, 0.2) is 18.5 Å². The van der Waals surface area contributed by atoms with E-state index in [0.29, 0.717) is 12.5 Å². The van der Waals surface area contributed by atoms with Crippen LogP contribution in [0, 0.1) is 17.2 Å². The summed E-state index contributed by atoms with van der Waals surface area (Å²) in [5, 5.41) is 21.3. The SMILES string of the molecule is CN1CCC(CNc2cc(Nc3cnc(C#N)cn3)nnc2C(F)(F)F)CC1. The normalized spacial score (nSPS) is 15.8. The summed E-state index contributed by atoms with van der Waals surface area (Å²) in [6.45, 7) is 2.28. The molecule has 2 aromatic heterocycles. The molecule has 0 atom stereocenters. The summed E-state index contributed by atoms with van der Waals surface area (Å²) in [6, 6.07) is 3.09. The van der Waals surface area contributed by atoms with E-state index >= 15 is 0 Å². The first-order chi connectivity index (χ1) is 13.3. The van der Waals surface area contributed by atoms with Gasteiger partial charge in [-0.1, -0.05) is 0 Å². The zero-order valence-electron chi connectivity index (χ0n) is 15.2. The smallest absolute Gasteiger partial charge is 0.383 e. The predicted octanol–water partition coefficient (Wildman–Crippen LogP) is 2.65. The van der Waals surface area contributed by atoms with Crippen molar-refractivity contribution >= 4 is 17.3 Å². The lowest BCUT2D eigenvalue weighted by molar-refractivity contribution is -0.141.